The van der Waals surface area contributed by atoms with Crippen molar-refractivity contribution in [2.24, 2.45) is 5.92 Å². The van der Waals surface area contributed by atoms with Gasteiger partial charge in [-0.1, -0.05) is 91.0 Å². The van der Waals surface area contributed by atoms with E-state index in [0.29, 0.717) is 5.92 Å². The monoisotopic (exact) mass is 382 g/mol. The highest BCUT2D eigenvalue weighted by Gasteiger charge is 2.58. The maximum atomic E-state index is 6.90. The van der Waals surface area contributed by atoms with Crippen LogP contribution in [0.5, 0.6) is 0 Å². The van der Waals surface area contributed by atoms with Crippen LogP contribution >= 0.6 is 22.2 Å². The Kier molecular flexibility index (Phi) is 4.49. The van der Waals surface area contributed by atoms with Gasteiger partial charge < -0.3 is 0 Å². The number of hydrogen-bond donors (Lipinski definition) is 0. The lowest BCUT2D eigenvalue weighted by molar-refractivity contribution is 0.745. The van der Waals surface area contributed by atoms with Crippen LogP contribution in [0.2, 0.25) is 6.04 Å². The molecule has 3 aromatic carbocycles. The molecule has 0 aromatic heterocycles. The Morgan fingerprint density at radius 3 is 1.64 bits per heavy atom. The minimum Gasteiger partial charge on any atom is -0.140 e. The van der Waals surface area contributed by atoms with E-state index in [1.807, 2.05) is 18.2 Å². The van der Waals surface area contributed by atoms with E-state index in [1.54, 1.807) is 0 Å². The van der Waals surface area contributed by atoms with Crippen LogP contribution in [-0.2, 0) is 5.41 Å². The van der Waals surface area contributed by atoms with E-state index in [0.717, 1.165) is 17.7 Å². The second-order valence-electron chi connectivity index (χ2n) is 6.88. The third-order valence-corrected chi connectivity index (χ3v) is 9.80. The van der Waals surface area contributed by atoms with Crippen LogP contribution in [0.4, 0.5) is 0 Å². The van der Waals surface area contributed by atoms with E-state index >= 15 is 0 Å². The third-order valence-electron chi connectivity index (χ3n) is 5.38. The fourth-order valence-corrected chi connectivity index (χ4v) is 7.93. The summed E-state index contributed by atoms with van der Waals surface area (Å²) < 4.78 is 0. The van der Waals surface area contributed by atoms with Crippen molar-refractivity contribution in [1.82, 2.24) is 0 Å². The first kappa shape index (κ1) is 16.9. The molecule has 3 heteroatoms. The Balaban J connectivity index is 1.68. The van der Waals surface area contributed by atoms with Crippen molar-refractivity contribution < 1.29 is 0 Å². The lowest BCUT2D eigenvalue weighted by atomic mass is 9.86. The SMILES string of the molecule is Cl[Si](Cl)(CC1CC1(c1ccccc1)c1ccccc1)c1ccccc1. The Morgan fingerprint density at radius 1 is 0.720 bits per heavy atom. The maximum absolute atomic E-state index is 6.90. The van der Waals surface area contributed by atoms with Crippen molar-refractivity contribution in [3.63, 3.8) is 0 Å². The Morgan fingerprint density at radius 2 is 1.16 bits per heavy atom. The molecule has 0 heterocycles. The Bertz CT molecular complexity index is 792. The first-order valence-corrected chi connectivity index (χ1v) is 12.9. The molecule has 0 saturated heterocycles. The fraction of sp³-hybridized carbons (Fsp3) is 0.182. The van der Waals surface area contributed by atoms with Crippen molar-refractivity contribution >= 4 is 34.0 Å². The van der Waals surface area contributed by atoms with Crippen LogP contribution in [0.3, 0.4) is 0 Å². The van der Waals surface area contributed by atoms with Gasteiger partial charge in [0.25, 0.3) is 6.69 Å². The average molecular weight is 383 g/mol. The molecule has 25 heavy (non-hydrogen) atoms. The summed E-state index contributed by atoms with van der Waals surface area (Å²) in [7, 11) is 0. The van der Waals surface area contributed by atoms with Crippen LogP contribution in [0.25, 0.3) is 0 Å². The Hall–Kier alpha value is -1.54. The molecule has 1 aliphatic carbocycles. The van der Waals surface area contributed by atoms with Gasteiger partial charge in [-0.2, -0.15) is 0 Å². The molecule has 0 amide bonds. The van der Waals surface area contributed by atoms with Crippen molar-refractivity contribution in [2.75, 3.05) is 0 Å². The summed E-state index contributed by atoms with van der Waals surface area (Å²) in [5.41, 5.74) is 2.80. The van der Waals surface area contributed by atoms with Gasteiger partial charge in [0.1, 0.15) is 0 Å². The molecular weight excluding hydrogens is 363 g/mol. The molecule has 1 aliphatic rings. The molecule has 0 bridgehead atoms. The van der Waals surface area contributed by atoms with Gasteiger partial charge >= 0.3 is 0 Å². The van der Waals surface area contributed by atoms with Gasteiger partial charge in [-0.3, -0.25) is 0 Å². The first-order valence-electron chi connectivity index (χ1n) is 8.67. The summed E-state index contributed by atoms with van der Waals surface area (Å²) >= 11 is 13.8. The van der Waals surface area contributed by atoms with Gasteiger partial charge in [-0.15, -0.1) is 22.2 Å². The zero-order valence-electron chi connectivity index (χ0n) is 13.9. The fourth-order valence-electron chi connectivity index (χ4n) is 4.03. The minimum absolute atomic E-state index is 0.0549. The largest absolute Gasteiger partial charge is 0.281 e. The third kappa shape index (κ3) is 3.17. The van der Waals surface area contributed by atoms with Crippen LogP contribution in [0.15, 0.2) is 91.0 Å². The molecule has 0 spiro atoms. The van der Waals surface area contributed by atoms with Crippen molar-refractivity contribution in [2.45, 2.75) is 17.9 Å². The van der Waals surface area contributed by atoms with E-state index in [4.69, 9.17) is 22.2 Å². The molecule has 0 nitrogen and oxygen atoms in total. The van der Waals surface area contributed by atoms with E-state index in [9.17, 15) is 0 Å². The van der Waals surface area contributed by atoms with Crippen LogP contribution < -0.4 is 5.19 Å². The summed E-state index contributed by atoms with van der Waals surface area (Å²) in [6.45, 7) is -2.49. The zero-order chi connectivity index (χ0) is 17.3. The van der Waals surface area contributed by atoms with Gasteiger partial charge in [0.05, 0.1) is 0 Å². The van der Waals surface area contributed by atoms with Gasteiger partial charge in [0.15, 0.2) is 0 Å². The smallest absolute Gasteiger partial charge is 0.140 e. The molecule has 1 unspecified atom stereocenters. The first-order chi connectivity index (χ1) is 12.1. The van der Waals surface area contributed by atoms with Crippen LogP contribution in [0.1, 0.15) is 17.5 Å². The summed E-state index contributed by atoms with van der Waals surface area (Å²) in [6, 6.07) is 32.7. The number of rotatable bonds is 5. The highest BCUT2D eigenvalue weighted by molar-refractivity contribution is 7.51. The lowest BCUT2D eigenvalue weighted by Gasteiger charge is -2.22. The number of halogens is 2. The van der Waals surface area contributed by atoms with Crippen molar-refractivity contribution in [3.8, 4) is 0 Å². The quantitative estimate of drug-likeness (QED) is 0.385. The second-order valence-corrected chi connectivity index (χ2v) is 13.7. The highest BCUT2D eigenvalue weighted by atomic mass is 35.7. The summed E-state index contributed by atoms with van der Waals surface area (Å²) in [4.78, 5) is 0. The average Bonchev–Trinajstić information content (AvgIpc) is 3.38. The second kappa shape index (κ2) is 6.64. The molecule has 126 valence electrons. The molecule has 0 N–H and O–H groups in total. The van der Waals surface area contributed by atoms with E-state index in [2.05, 4.69) is 72.8 Å². The zero-order valence-corrected chi connectivity index (χ0v) is 16.4. The summed E-state index contributed by atoms with van der Waals surface area (Å²) in [5, 5.41) is 1.11. The number of hydrogen-bond acceptors (Lipinski definition) is 0. The minimum atomic E-state index is -2.49. The molecule has 0 radical (unpaired) electrons. The van der Waals surface area contributed by atoms with Gasteiger partial charge in [0.2, 0.25) is 0 Å². The summed E-state index contributed by atoms with van der Waals surface area (Å²) in [5.74, 6) is 0.485. The maximum Gasteiger partial charge on any atom is 0.281 e. The summed E-state index contributed by atoms with van der Waals surface area (Å²) in [6.07, 6.45) is 1.11. The van der Waals surface area contributed by atoms with Crippen LogP contribution in [-0.4, -0.2) is 6.69 Å². The molecule has 1 atom stereocenters. The lowest BCUT2D eigenvalue weighted by Crippen LogP contribution is -2.37. The molecule has 3 aromatic rings. The van der Waals surface area contributed by atoms with E-state index < -0.39 is 6.69 Å². The normalized spacial score (nSPS) is 18.7. The van der Waals surface area contributed by atoms with Crippen LogP contribution in [0, 0.1) is 5.92 Å². The predicted octanol–water partition coefficient (Wildman–Crippen LogP) is 5.82. The van der Waals surface area contributed by atoms with E-state index in [1.165, 1.54) is 11.1 Å². The standard InChI is InChI=1S/C22H20Cl2Si/c23-25(24,21-14-8-3-9-15-21)17-20-16-22(20,18-10-4-1-5-11-18)19-12-6-2-7-13-19/h1-15,20H,16-17H2. The predicted molar refractivity (Wildman–Crippen MR) is 110 cm³/mol. The molecular formula is C22H20Cl2Si. The number of benzene rings is 3. The highest BCUT2D eigenvalue weighted by Crippen LogP contribution is 2.62. The molecule has 1 fully saturated rings. The van der Waals surface area contributed by atoms with Gasteiger partial charge in [-0.25, -0.2) is 0 Å². The Labute approximate surface area is 159 Å². The molecule has 1 saturated carbocycles. The van der Waals surface area contributed by atoms with Crippen molar-refractivity contribution in [3.05, 3.63) is 102 Å². The topological polar surface area (TPSA) is 0 Å². The van der Waals surface area contributed by atoms with Gasteiger partial charge in [-0.05, 0) is 34.7 Å². The molecule has 4 rings (SSSR count). The van der Waals surface area contributed by atoms with Crippen molar-refractivity contribution in [1.29, 1.82) is 0 Å². The molecule has 0 aliphatic heterocycles. The van der Waals surface area contributed by atoms with E-state index in [-0.39, 0.29) is 5.41 Å². The van der Waals surface area contributed by atoms with Gasteiger partial charge in [0, 0.05) is 5.41 Å².